The molecule has 0 aliphatic rings. The van der Waals surface area contributed by atoms with Crippen LogP contribution in [-0.2, 0) is 9.59 Å². The summed E-state index contributed by atoms with van der Waals surface area (Å²) in [7, 11) is 0. The highest BCUT2D eigenvalue weighted by molar-refractivity contribution is 6.02. The van der Waals surface area contributed by atoms with Crippen LogP contribution in [0.15, 0.2) is 47.6 Å². The lowest BCUT2D eigenvalue weighted by Crippen LogP contribution is -2.30. The van der Waals surface area contributed by atoms with Gasteiger partial charge in [0.25, 0.3) is 0 Å². The van der Waals surface area contributed by atoms with Crippen molar-refractivity contribution in [3.63, 3.8) is 0 Å². The van der Waals surface area contributed by atoms with Crippen molar-refractivity contribution in [2.75, 3.05) is 0 Å². The van der Waals surface area contributed by atoms with E-state index in [2.05, 4.69) is 18.4 Å². The highest BCUT2D eigenvalue weighted by atomic mass is 16.1. The fourth-order valence-electron chi connectivity index (χ4n) is 1.92. The van der Waals surface area contributed by atoms with E-state index in [0.717, 1.165) is 11.9 Å². The van der Waals surface area contributed by atoms with E-state index in [9.17, 15) is 9.59 Å². The van der Waals surface area contributed by atoms with E-state index >= 15 is 0 Å². The quantitative estimate of drug-likeness (QED) is 0.181. The second-order valence-electron chi connectivity index (χ2n) is 6.03. The number of Topliss-reactive ketones (excluding diaryl/α,β-unsaturated/α-hetero) is 1. The molecular formula is C20H26O2. The van der Waals surface area contributed by atoms with Crippen molar-refractivity contribution in [3.8, 4) is 11.8 Å². The van der Waals surface area contributed by atoms with Gasteiger partial charge >= 0.3 is 0 Å². The molecule has 0 radical (unpaired) electrons. The van der Waals surface area contributed by atoms with Crippen LogP contribution in [0.5, 0.6) is 0 Å². The average molecular weight is 298 g/mol. The Morgan fingerprint density at radius 2 is 1.82 bits per heavy atom. The molecule has 2 nitrogen and oxygen atoms in total. The fourth-order valence-corrected chi connectivity index (χ4v) is 1.92. The number of rotatable bonds is 6. The largest absolute Gasteiger partial charge is 0.298 e. The summed E-state index contributed by atoms with van der Waals surface area (Å²) in [5.41, 5.74) is 1.38. The van der Waals surface area contributed by atoms with Crippen molar-refractivity contribution in [2.45, 2.75) is 41.5 Å². The van der Waals surface area contributed by atoms with Crippen LogP contribution in [0.1, 0.15) is 41.5 Å². The van der Waals surface area contributed by atoms with Gasteiger partial charge in [-0.15, -0.1) is 0 Å². The van der Waals surface area contributed by atoms with Crippen LogP contribution >= 0.6 is 0 Å². The lowest BCUT2D eigenvalue weighted by molar-refractivity contribution is -0.121. The number of hydrogen-bond acceptors (Lipinski definition) is 2. The van der Waals surface area contributed by atoms with Crippen molar-refractivity contribution in [1.82, 2.24) is 0 Å². The third-order valence-electron chi connectivity index (χ3n) is 3.45. The van der Waals surface area contributed by atoms with Gasteiger partial charge in [0, 0.05) is 11.1 Å². The van der Waals surface area contributed by atoms with Crippen molar-refractivity contribution in [2.24, 2.45) is 11.3 Å². The number of allylic oxidation sites excluding steroid dienone is 7. The molecule has 0 saturated carbocycles. The Hall–Kier alpha value is -2.14. The molecule has 0 amide bonds. The molecule has 118 valence electrons. The number of carbonyl (C=O) groups is 2. The van der Waals surface area contributed by atoms with Gasteiger partial charge < -0.3 is 0 Å². The van der Waals surface area contributed by atoms with Crippen LogP contribution in [0.4, 0.5) is 0 Å². The van der Waals surface area contributed by atoms with E-state index in [1.165, 1.54) is 0 Å². The Labute approximate surface area is 134 Å². The topological polar surface area (TPSA) is 34.1 Å². The van der Waals surface area contributed by atoms with E-state index in [1.807, 2.05) is 47.6 Å². The summed E-state index contributed by atoms with van der Waals surface area (Å²) in [6, 6.07) is 0. The van der Waals surface area contributed by atoms with Crippen molar-refractivity contribution in [1.29, 1.82) is 0 Å². The fraction of sp³-hybridized carbons (Fsp3) is 0.400. The Balaban J connectivity index is 5.41. The minimum atomic E-state index is -0.618. The smallest absolute Gasteiger partial charge is 0.215 e. The molecule has 1 atom stereocenters. The third-order valence-corrected chi connectivity index (χ3v) is 3.45. The second kappa shape index (κ2) is 9.00. The molecule has 0 saturated heterocycles. The van der Waals surface area contributed by atoms with Gasteiger partial charge in [0.1, 0.15) is 6.29 Å². The van der Waals surface area contributed by atoms with Gasteiger partial charge in [-0.05, 0) is 45.6 Å². The number of ketones is 1. The maximum atomic E-state index is 12.5. The first-order valence-corrected chi connectivity index (χ1v) is 7.38. The summed E-state index contributed by atoms with van der Waals surface area (Å²) in [5, 5.41) is 0. The predicted molar refractivity (Wildman–Crippen MR) is 93.3 cm³/mol. The average Bonchev–Trinajstić information content (AvgIpc) is 2.43. The van der Waals surface area contributed by atoms with Gasteiger partial charge in [0.05, 0.1) is 5.41 Å². The van der Waals surface area contributed by atoms with Gasteiger partial charge in [0.2, 0.25) is 5.78 Å². The van der Waals surface area contributed by atoms with E-state index < -0.39 is 5.41 Å². The maximum Gasteiger partial charge on any atom is 0.215 e. The van der Waals surface area contributed by atoms with Crippen molar-refractivity contribution in [3.05, 3.63) is 47.6 Å². The van der Waals surface area contributed by atoms with Gasteiger partial charge in [0.15, 0.2) is 0 Å². The van der Waals surface area contributed by atoms with E-state index in [0.29, 0.717) is 11.1 Å². The Morgan fingerprint density at radius 1 is 1.23 bits per heavy atom. The van der Waals surface area contributed by atoms with Crippen molar-refractivity contribution >= 4 is 12.1 Å². The molecule has 0 heterocycles. The Bertz CT molecular complexity index is 585. The van der Waals surface area contributed by atoms with E-state index in [-0.39, 0.29) is 11.7 Å². The molecule has 1 unspecified atom stereocenters. The first-order valence-electron chi connectivity index (χ1n) is 7.38. The molecule has 0 N–H and O–H groups in total. The summed E-state index contributed by atoms with van der Waals surface area (Å²) in [6.45, 7) is 15.4. The highest BCUT2D eigenvalue weighted by Crippen LogP contribution is 2.31. The van der Waals surface area contributed by atoms with Crippen LogP contribution in [-0.4, -0.2) is 12.1 Å². The zero-order valence-electron chi connectivity index (χ0n) is 14.5. The van der Waals surface area contributed by atoms with Crippen LogP contribution in [0.2, 0.25) is 0 Å². The highest BCUT2D eigenvalue weighted by Gasteiger charge is 2.33. The van der Waals surface area contributed by atoms with Crippen LogP contribution in [0.3, 0.4) is 0 Å². The standard InChI is InChI=1S/C20H26O2/c1-8-9-18(14-21)12-17(6)10-11-19(22)20(7,16(4)5)13-15(2)3/h8-9,12-14,16H,6H2,1-5,7H3/b9-8-,18-12+. The molecule has 22 heavy (non-hydrogen) atoms. The summed E-state index contributed by atoms with van der Waals surface area (Å²) < 4.78 is 0. The van der Waals surface area contributed by atoms with Gasteiger partial charge in [-0.1, -0.05) is 50.1 Å². The molecule has 0 aromatic rings. The molecular weight excluding hydrogens is 272 g/mol. The molecule has 0 aromatic heterocycles. The molecule has 0 aromatic carbocycles. The summed E-state index contributed by atoms with van der Waals surface area (Å²) in [6.07, 6.45) is 7.70. The van der Waals surface area contributed by atoms with Crippen LogP contribution in [0.25, 0.3) is 0 Å². The lowest BCUT2D eigenvalue weighted by Gasteiger charge is -2.27. The maximum absolute atomic E-state index is 12.5. The summed E-state index contributed by atoms with van der Waals surface area (Å²) >= 11 is 0. The van der Waals surface area contributed by atoms with Gasteiger partial charge in [-0.2, -0.15) is 0 Å². The summed E-state index contributed by atoms with van der Waals surface area (Å²) in [4.78, 5) is 23.3. The lowest BCUT2D eigenvalue weighted by atomic mass is 9.74. The molecule has 0 aliphatic carbocycles. The number of aldehydes is 1. The Kier molecular flexibility index (Phi) is 8.12. The van der Waals surface area contributed by atoms with E-state index in [1.54, 1.807) is 18.2 Å². The molecule has 0 aliphatic heterocycles. The minimum Gasteiger partial charge on any atom is -0.298 e. The molecule has 0 spiro atoms. The van der Waals surface area contributed by atoms with E-state index in [4.69, 9.17) is 0 Å². The molecule has 0 fully saturated rings. The van der Waals surface area contributed by atoms with Crippen LogP contribution in [0, 0.1) is 23.2 Å². The first-order chi connectivity index (χ1) is 10.2. The molecule has 0 bridgehead atoms. The zero-order chi connectivity index (χ0) is 17.3. The van der Waals surface area contributed by atoms with Gasteiger partial charge in [-0.25, -0.2) is 0 Å². The third kappa shape index (κ3) is 6.10. The monoisotopic (exact) mass is 298 g/mol. The van der Waals surface area contributed by atoms with Gasteiger partial charge in [-0.3, -0.25) is 9.59 Å². The normalized spacial score (nSPS) is 14.0. The SMILES string of the molecule is C=C(C#CC(=O)C(C)(C=C(C)C)C(C)C)/C=C(C=O)\C=C/C. The van der Waals surface area contributed by atoms with Crippen LogP contribution < -0.4 is 0 Å². The number of hydrogen-bond donors (Lipinski definition) is 0. The minimum absolute atomic E-state index is 0.140. The predicted octanol–water partition coefficient (Wildman–Crippen LogP) is 4.45. The number of carbonyl (C=O) groups excluding carboxylic acids is 2. The summed E-state index contributed by atoms with van der Waals surface area (Å²) in [5.74, 6) is 5.41. The molecule has 0 rings (SSSR count). The zero-order valence-corrected chi connectivity index (χ0v) is 14.5. The van der Waals surface area contributed by atoms with Crippen molar-refractivity contribution < 1.29 is 9.59 Å². The second-order valence-corrected chi connectivity index (χ2v) is 6.03. The first kappa shape index (κ1) is 19.9. The Morgan fingerprint density at radius 3 is 2.23 bits per heavy atom. The molecule has 2 heteroatoms.